The van der Waals surface area contributed by atoms with Gasteiger partial charge in [0.15, 0.2) is 0 Å². The zero-order chi connectivity index (χ0) is 16.7. The topological polar surface area (TPSA) is 55.8 Å². The van der Waals surface area contributed by atoms with Crippen molar-refractivity contribution in [3.8, 4) is 0 Å². The molecule has 1 N–H and O–H groups in total. The van der Waals surface area contributed by atoms with E-state index in [-0.39, 0.29) is 6.42 Å². The van der Waals surface area contributed by atoms with Gasteiger partial charge in [-0.3, -0.25) is 4.79 Å². The van der Waals surface area contributed by atoms with Crippen LogP contribution in [0.5, 0.6) is 0 Å². The van der Waals surface area contributed by atoms with Crippen LogP contribution in [0.3, 0.4) is 0 Å². The number of benzene rings is 1. The Morgan fingerprint density at radius 1 is 1.32 bits per heavy atom. The predicted molar refractivity (Wildman–Crippen MR) is 90.2 cm³/mol. The Balaban J connectivity index is 2.38. The molecule has 1 heterocycles. The minimum absolute atomic E-state index is 0.0863. The highest BCUT2D eigenvalue weighted by molar-refractivity contribution is 9.10. The molecule has 0 bridgehead atoms. The third-order valence-corrected chi connectivity index (χ3v) is 5.28. The van der Waals surface area contributed by atoms with Crippen LogP contribution in [0.2, 0.25) is 5.02 Å². The summed E-state index contributed by atoms with van der Waals surface area (Å²) in [5, 5.41) is 9.84. The second-order valence-electron chi connectivity index (χ2n) is 6.49. The molecule has 120 valence electrons. The van der Waals surface area contributed by atoms with E-state index in [1.54, 1.807) is 12.1 Å². The fraction of sp³-hybridized carbons (Fsp3) is 0.533. The quantitative estimate of drug-likeness (QED) is 0.781. The predicted octanol–water partition coefficient (Wildman–Crippen LogP) is 4.29. The number of aliphatic carboxylic acids is 1. The summed E-state index contributed by atoms with van der Waals surface area (Å²) in [6.45, 7) is 7.78. The molecule has 1 aliphatic rings. The van der Waals surface area contributed by atoms with Crippen molar-refractivity contribution in [3.63, 3.8) is 0 Å². The molecule has 2 rings (SSSR count). The average Bonchev–Trinajstić information content (AvgIpc) is 2.56. The maximum absolute atomic E-state index is 11.3. The van der Waals surface area contributed by atoms with Gasteiger partial charge in [-0.25, -0.2) is 0 Å². The van der Waals surface area contributed by atoms with Gasteiger partial charge >= 0.3 is 13.1 Å². The molecule has 1 atom stereocenters. The van der Waals surface area contributed by atoms with E-state index in [1.165, 1.54) is 0 Å². The molecule has 7 heteroatoms. The van der Waals surface area contributed by atoms with Crippen molar-refractivity contribution in [2.24, 2.45) is 0 Å². The smallest absolute Gasteiger partial charge is 0.466 e. The van der Waals surface area contributed by atoms with Gasteiger partial charge in [0.2, 0.25) is 0 Å². The fourth-order valence-corrected chi connectivity index (χ4v) is 3.37. The highest BCUT2D eigenvalue weighted by Gasteiger charge is 2.54. The van der Waals surface area contributed by atoms with Crippen molar-refractivity contribution in [2.45, 2.75) is 51.1 Å². The first kappa shape index (κ1) is 17.8. The van der Waals surface area contributed by atoms with Crippen LogP contribution in [0.25, 0.3) is 0 Å². The van der Waals surface area contributed by atoms with Crippen LogP contribution in [0.15, 0.2) is 22.7 Å². The van der Waals surface area contributed by atoms with Crippen molar-refractivity contribution in [2.75, 3.05) is 0 Å². The van der Waals surface area contributed by atoms with Crippen molar-refractivity contribution in [1.29, 1.82) is 0 Å². The van der Waals surface area contributed by atoms with Gasteiger partial charge in [-0.05, 0) is 45.4 Å². The fourth-order valence-electron chi connectivity index (χ4n) is 2.40. The highest BCUT2D eigenvalue weighted by atomic mass is 79.9. The lowest BCUT2D eigenvalue weighted by Gasteiger charge is -2.32. The zero-order valence-corrected chi connectivity index (χ0v) is 15.4. The third kappa shape index (κ3) is 3.50. The van der Waals surface area contributed by atoms with Crippen molar-refractivity contribution < 1.29 is 19.2 Å². The molecule has 1 aromatic carbocycles. The number of halogens is 2. The molecule has 0 amide bonds. The summed E-state index contributed by atoms with van der Waals surface area (Å²) in [6.07, 6.45) is -0.0863. The lowest BCUT2D eigenvalue weighted by molar-refractivity contribution is -0.137. The Bertz CT molecular complexity index is 575. The lowest BCUT2D eigenvalue weighted by atomic mass is 9.66. The minimum atomic E-state index is -0.901. The first-order valence-electron chi connectivity index (χ1n) is 7.06. The van der Waals surface area contributed by atoms with Crippen LogP contribution in [0.1, 0.15) is 45.5 Å². The molecule has 0 radical (unpaired) electrons. The first-order chi connectivity index (χ1) is 10.0. The molecule has 0 aliphatic carbocycles. The number of rotatable bonds is 4. The Labute approximate surface area is 144 Å². The van der Waals surface area contributed by atoms with Gasteiger partial charge in [-0.15, -0.1) is 0 Å². The van der Waals surface area contributed by atoms with Gasteiger partial charge < -0.3 is 14.4 Å². The summed E-state index contributed by atoms with van der Waals surface area (Å²) in [5.74, 6) is -1.33. The molecule has 0 aromatic heterocycles. The van der Waals surface area contributed by atoms with Crippen LogP contribution in [0.4, 0.5) is 0 Å². The summed E-state index contributed by atoms with van der Waals surface area (Å²) in [4.78, 5) is 11.3. The van der Waals surface area contributed by atoms with E-state index in [1.807, 2.05) is 33.8 Å². The maximum atomic E-state index is 11.3. The van der Waals surface area contributed by atoms with E-state index in [9.17, 15) is 9.90 Å². The van der Waals surface area contributed by atoms with Gasteiger partial charge in [0, 0.05) is 15.3 Å². The van der Waals surface area contributed by atoms with Gasteiger partial charge in [0.1, 0.15) is 0 Å². The van der Waals surface area contributed by atoms with Crippen LogP contribution in [-0.4, -0.2) is 29.4 Å². The molecule has 1 fully saturated rings. The summed E-state index contributed by atoms with van der Waals surface area (Å²) in [5.41, 5.74) is -0.203. The van der Waals surface area contributed by atoms with Crippen molar-refractivity contribution in [1.82, 2.24) is 0 Å². The van der Waals surface area contributed by atoms with Crippen molar-refractivity contribution in [3.05, 3.63) is 33.3 Å². The average molecular weight is 389 g/mol. The van der Waals surface area contributed by atoms with E-state index in [0.29, 0.717) is 5.02 Å². The van der Waals surface area contributed by atoms with Crippen LogP contribution in [0, 0.1) is 0 Å². The minimum Gasteiger partial charge on any atom is -0.481 e. The second-order valence-corrected chi connectivity index (χ2v) is 7.79. The molecular formula is C15H19BBrClO4. The van der Waals surface area contributed by atoms with Gasteiger partial charge in [0.05, 0.1) is 17.6 Å². The summed E-state index contributed by atoms with van der Waals surface area (Å²) < 4.78 is 12.8. The van der Waals surface area contributed by atoms with Crippen LogP contribution < -0.4 is 0 Å². The normalized spacial score (nSPS) is 20.9. The molecule has 0 saturated carbocycles. The lowest BCUT2D eigenvalue weighted by Crippen LogP contribution is -2.41. The molecule has 1 aliphatic heterocycles. The monoisotopic (exact) mass is 388 g/mol. The SMILES string of the molecule is CC1(C)OB(C(CC(=O)O)c2ccc(Cl)cc2Br)OC1(C)C. The Morgan fingerprint density at radius 2 is 1.86 bits per heavy atom. The Hall–Kier alpha value is -0.555. The standard InChI is InChI=1S/C15H19BBrClO4/c1-14(2)15(3,4)22-16(21-14)11(8-13(19)20)10-6-5-9(18)7-12(10)17/h5-7,11H,8H2,1-4H3,(H,19,20). The maximum Gasteiger partial charge on any atom is 0.466 e. The van der Waals surface area contributed by atoms with E-state index < -0.39 is 30.1 Å². The number of hydrogen-bond acceptors (Lipinski definition) is 3. The van der Waals surface area contributed by atoms with E-state index >= 15 is 0 Å². The van der Waals surface area contributed by atoms with Crippen LogP contribution >= 0.6 is 27.5 Å². The molecule has 4 nitrogen and oxygen atoms in total. The van der Waals surface area contributed by atoms with E-state index in [4.69, 9.17) is 20.9 Å². The largest absolute Gasteiger partial charge is 0.481 e. The molecular weight excluding hydrogens is 370 g/mol. The molecule has 1 saturated heterocycles. The molecule has 0 spiro atoms. The Kier molecular flexibility index (Phi) is 4.98. The number of carboxylic acids is 1. The molecule has 1 unspecified atom stereocenters. The number of carbonyl (C=O) groups is 1. The highest BCUT2D eigenvalue weighted by Crippen LogP contribution is 2.43. The Morgan fingerprint density at radius 3 is 2.32 bits per heavy atom. The number of carboxylic acid groups (broad SMARTS) is 1. The van der Waals surface area contributed by atoms with Crippen LogP contribution in [-0.2, 0) is 14.1 Å². The van der Waals surface area contributed by atoms with Gasteiger partial charge in [-0.2, -0.15) is 0 Å². The summed E-state index contributed by atoms with van der Waals surface area (Å²) in [6, 6.07) is 5.30. The summed E-state index contributed by atoms with van der Waals surface area (Å²) in [7, 11) is -0.626. The molecule has 1 aromatic rings. The second kappa shape index (κ2) is 6.15. The zero-order valence-electron chi connectivity index (χ0n) is 13.0. The van der Waals surface area contributed by atoms with E-state index in [0.717, 1.165) is 10.0 Å². The van der Waals surface area contributed by atoms with Crippen molar-refractivity contribution >= 4 is 40.6 Å². The third-order valence-electron chi connectivity index (χ3n) is 4.36. The molecule has 22 heavy (non-hydrogen) atoms. The van der Waals surface area contributed by atoms with E-state index in [2.05, 4.69) is 15.9 Å². The van der Waals surface area contributed by atoms with Gasteiger partial charge in [0.25, 0.3) is 0 Å². The first-order valence-corrected chi connectivity index (χ1v) is 8.23. The summed E-state index contributed by atoms with van der Waals surface area (Å²) >= 11 is 9.42. The van der Waals surface area contributed by atoms with Gasteiger partial charge in [-0.1, -0.05) is 33.6 Å². The number of hydrogen-bond donors (Lipinski definition) is 1.